The zero-order valence-corrected chi connectivity index (χ0v) is 13.1. The number of amides is 2. The summed E-state index contributed by atoms with van der Waals surface area (Å²) in [4.78, 5) is 23.2. The highest BCUT2D eigenvalue weighted by Crippen LogP contribution is 2.13. The number of nitrogens with one attached hydrogen (secondary N) is 2. The Morgan fingerprint density at radius 2 is 1.20 bits per heavy atom. The summed E-state index contributed by atoms with van der Waals surface area (Å²) >= 11 is 0. The number of phenolic OH excluding ortho intramolecular Hbond substituents is 2. The van der Waals surface area contributed by atoms with E-state index in [1.165, 1.54) is 24.6 Å². The SMILES string of the molecule is O=C(CC(=O)N/N=C/c1ccccc1O)N/N=C/c1ccccc1O. The van der Waals surface area contributed by atoms with E-state index in [9.17, 15) is 19.8 Å². The zero-order chi connectivity index (χ0) is 18.1. The lowest BCUT2D eigenvalue weighted by Crippen LogP contribution is -2.27. The maximum atomic E-state index is 11.6. The lowest BCUT2D eigenvalue weighted by molar-refractivity contribution is -0.129. The summed E-state index contributed by atoms with van der Waals surface area (Å²) in [6.45, 7) is 0. The van der Waals surface area contributed by atoms with Crippen LogP contribution >= 0.6 is 0 Å². The number of aromatic hydroxyl groups is 2. The Morgan fingerprint density at radius 1 is 0.800 bits per heavy atom. The molecule has 25 heavy (non-hydrogen) atoms. The Kier molecular flexibility index (Phi) is 6.24. The molecule has 0 aromatic heterocycles. The monoisotopic (exact) mass is 340 g/mol. The van der Waals surface area contributed by atoms with Gasteiger partial charge in [-0.05, 0) is 24.3 Å². The molecular formula is C17H16N4O4. The molecule has 0 spiro atoms. The molecule has 0 atom stereocenters. The standard InChI is InChI=1S/C17H16N4O4/c22-14-7-3-1-5-12(14)10-18-20-16(24)9-17(25)21-19-11-13-6-2-4-8-15(13)23/h1-8,10-11,22-23H,9H2,(H,20,24)(H,21,25)/b18-10+,19-11+. The lowest BCUT2D eigenvalue weighted by Gasteiger charge is -2.00. The number of rotatable bonds is 6. The molecule has 0 bridgehead atoms. The van der Waals surface area contributed by atoms with Gasteiger partial charge in [-0.25, -0.2) is 10.9 Å². The smallest absolute Gasteiger partial charge is 0.249 e. The van der Waals surface area contributed by atoms with Crippen LogP contribution in [0.1, 0.15) is 17.5 Å². The average molecular weight is 340 g/mol. The fraction of sp³-hybridized carbons (Fsp3) is 0.0588. The van der Waals surface area contributed by atoms with Gasteiger partial charge >= 0.3 is 0 Å². The predicted octanol–water partition coefficient (Wildman–Crippen LogP) is 1.09. The minimum Gasteiger partial charge on any atom is -0.507 e. The van der Waals surface area contributed by atoms with Crippen molar-refractivity contribution in [3.8, 4) is 11.5 Å². The first kappa shape index (κ1) is 17.7. The Balaban J connectivity index is 1.77. The van der Waals surface area contributed by atoms with Crippen molar-refractivity contribution in [1.29, 1.82) is 0 Å². The molecule has 2 aromatic rings. The van der Waals surface area contributed by atoms with Crippen LogP contribution in [-0.4, -0.2) is 34.5 Å². The molecule has 0 aliphatic rings. The minimum absolute atomic E-state index is 0.0248. The molecule has 2 amide bonds. The Hall–Kier alpha value is -3.68. The Morgan fingerprint density at radius 3 is 1.60 bits per heavy atom. The van der Waals surface area contributed by atoms with Crippen LogP contribution in [0.5, 0.6) is 11.5 Å². The molecule has 0 heterocycles. The summed E-state index contributed by atoms with van der Waals surface area (Å²) in [7, 11) is 0. The Labute approximate surface area is 143 Å². The van der Waals surface area contributed by atoms with Crippen LogP contribution in [0.4, 0.5) is 0 Å². The highest BCUT2D eigenvalue weighted by molar-refractivity contribution is 5.97. The number of hydrazone groups is 2. The summed E-state index contributed by atoms with van der Waals surface area (Å²) in [5, 5.41) is 26.4. The van der Waals surface area contributed by atoms with Gasteiger partial charge in [0.1, 0.15) is 17.9 Å². The number of benzene rings is 2. The maximum absolute atomic E-state index is 11.6. The molecule has 0 aliphatic carbocycles. The normalized spacial score (nSPS) is 10.9. The highest BCUT2D eigenvalue weighted by Gasteiger charge is 2.07. The molecule has 0 fully saturated rings. The molecule has 0 saturated carbocycles. The maximum Gasteiger partial charge on any atom is 0.249 e. The van der Waals surface area contributed by atoms with Crippen LogP contribution < -0.4 is 10.9 Å². The van der Waals surface area contributed by atoms with Crippen LogP contribution in [0.15, 0.2) is 58.7 Å². The molecule has 0 aliphatic heterocycles. The number of hydrogen-bond donors (Lipinski definition) is 4. The molecule has 8 heteroatoms. The van der Waals surface area contributed by atoms with Gasteiger partial charge < -0.3 is 10.2 Å². The number of phenols is 2. The number of hydrogen-bond acceptors (Lipinski definition) is 6. The van der Waals surface area contributed by atoms with Gasteiger partial charge in [-0.3, -0.25) is 9.59 Å². The van der Waals surface area contributed by atoms with Crippen molar-refractivity contribution in [1.82, 2.24) is 10.9 Å². The van der Waals surface area contributed by atoms with E-state index in [1.54, 1.807) is 36.4 Å². The number of carbonyl (C=O) groups is 2. The predicted molar refractivity (Wildman–Crippen MR) is 92.3 cm³/mol. The fourth-order valence-corrected chi connectivity index (χ4v) is 1.77. The number of nitrogens with zero attached hydrogens (tertiary/aromatic N) is 2. The lowest BCUT2D eigenvalue weighted by atomic mass is 10.2. The van der Waals surface area contributed by atoms with E-state index in [4.69, 9.17) is 0 Å². The van der Waals surface area contributed by atoms with Gasteiger partial charge in [0.05, 0.1) is 12.4 Å². The third-order valence-corrected chi connectivity index (χ3v) is 2.98. The molecule has 8 nitrogen and oxygen atoms in total. The van der Waals surface area contributed by atoms with Crippen LogP contribution in [0, 0.1) is 0 Å². The first-order valence-corrected chi connectivity index (χ1v) is 7.26. The minimum atomic E-state index is -0.637. The molecule has 0 unspecified atom stereocenters. The van der Waals surface area contributed by atoms with E-state index >= 15 is 0 Å². The summed E-state index contributed by atoms with van der Waals surface area (Å²) in [6, 6.07) is 12.9. The van der Waals surface area contributed by atoms with Crippen LogP contribution in [0.3, 0.4) is 0 Å². The van der Waals surface area contributed by atoms with Gasteiger partial charge in [-0.15, -0.1) is 0 Å². The number of carbonyl (C=O) groups excluding carboxylic acids is 2. The van der Waals surface area contributed by atoms with E-state index in [0.717, 1.165) is 0 Å². The van der Waals surface area contributed by atoms with Gasteiger partial charge in [-0.1, -0.05) is 24.3 Å². The van der Waals surface area contributed by atoms with E-state index < -0.39 is 18.2 Å². The third kappa shape index (κ3) is 5.79. The average Bonchev–Trinajstić information content (AvgIpc) is 2.58. The first-order valence-electron chi connectivity index (χ1n) is 7.26. The van der Waals surface area contributed by atoms with Gasteiger partial charge in [0.25, 0.3) is 0 Å². The molecule has 2 rings (SSSR count). The molecular weight excluding hydrogens is 324 g/mol. The summed E-state index contributed by atoms with van der Waals surface area (Å²) in [5.74, 6) is -1.22. The fourth-order valence-electron chi connectivity index (χ4n) is 1.77. The van der Waals surface area contributed by atoms with Crippen molar-refractivity contribution in [2.75, 3.05) is 0 Å². The van der Waals surface area contributed by atoms with E-state index in [1.807, 2.05) is 0 Å². The third-order valence-electron chi connectivity index (χ3n) is 2.98. The van der Waals surface area contributed by atoms with Gasteiger partial charge in [-0.2, -0.15) is 10.2 Å². The van der Waals surface area contributed by atoms with Crippen LogP contribution in [0.2, 0.25) is 0 Å². The molecule has 4 N–H and O–H groups in total. The molecule has 128 valence electrons. The van der Waals surface area contributed by atoms with Crippen molar-refractivity contribution in [3.63, 3.8) is 0 Å². The second kappa shape index (κ2) is 8.82. The quantitative estimate of drug-likeness (QED) is 0.357. The van der Waals surface area contributed by atoms with Crippen molar-refractivity contribution in [3.05, 3.63) is 59.7 Å². The van der Waals surface area contributed by atoms with E-state index in [2.05, 4.69) is 21.1 Å². The van der Waals surface area contributed by atoms with Gasteiger partial charge in [0, 0.05) is 11.1 Å². The first-order chi connectivity index (χ1) is 12.1. The molecule has 2 aromatic carbocycles. The Bertz CT molecular complexity index is 750. The van der Waals surface area contributed by atoms with E-state index in [-0.39, 0.29) is 11.5 Å². The van der Waals surface area contributed by atoms with Gasteiger partial charge in [0.15, 0.2) is 0 Å². The summed E-state index contributed by atoms with van der Waals surface area (Å²) < 4.78 is 0. The number of para-hydroxylation sites is 2. The highest BCUT2D eigenvalue weighted by atomic mass is 16.3. The van der Waals surface area contributed by atoms with Crippen LogP contribution in [0.25, 0.3) is 0 Å². The van der Waals surface area contributed by atoms with Crippen molar-refractivity contribution < 1.29 is 19.8 Å². The second-order valence-electron chi connectivity index (χ2n) is 4.88. The molecule has 0 radical (unpaired) electrons. The zero-order valence-electron chi connectivity index (χ0n) is 13.1. The largest absolute Gasteiger partial charge is 0.507 e. The topological polar surface area (TPSA) is 123 Å². The summed E-state index contributed by atoms with van der Waals surface area (Å²) in [6.07, 6.45) is 2.05. The van der Waals surface area contributed by atoms with Crippen molar-refractivity contribution in [2.24, 2.45) is 10.2 Å². The second-order valence-corrected chi connectivity index (χ2v) is 4.88. The van der Waals surface area contributed by atoms with Crippen molar-refractivity contribution >= 4 is 24.2 Å². The van der Waals surface area contributed by atoms with Crippen molar-refractivity contribution in [2.45, 2.75) is 6.42 Å². The molecule has 0 saturated heterocycles. The van der Waals surface area contributed by atoms with E-state index in [0.29, 0.717) is 11.1 Å². The van der Waals surface area contributed by atoms with Crippen LogP contribution in [-0.2, 0) is 9.59 Å². The summed E-state index contributed by atoms with van der Waals surface area (Å²) in [5.41, 5.74) is 5.21. The van der Waals surface area contributed by atoms with Gasteiger partial charge in [0.2, 0.25) is 11.8 Å².